The quantitative estimate of drug-likeness (QED) is 0.0644. The van der Waals surface area contributed by atoms with E-state index in [-0.39, 0.29) is 109 Å². The van der Waals surface area contributed by atoms with Gasteiger partial charge in [0.2, 0.25) is 0 Å². The summed E-state index contributed by atoms with van der Waals surface area (Å²) in [6.45, 7) is 11.2. The Bertz CT molecular complexity index is 1190. The summed E-state index contributed by atoms with van der Waals surface area (Å²) in [5.74, 6) is 1.43. The normalized spacial score (nSPS) is 29.5. The third-order valence-electron chi connectivity index (χ3n) is 13.8. The molecular weight excluding hydrogens is 725 g/mol. The van der Waals surface area contributed by atoms with E-state index in [1.807, 2.05) is 34.6 Å². The minimum atomic E-state index is -0.467. The van der Waals surface area contributed by atoms with Gasteiger partial charge in [0.15, 0.2) is 13.6 Å². The van der Waals surface area contributed by atoms with Crippen molar-refractivity contribution in [2.75, 3.05) is 26.8 Å². The third-order valence-corrected chi connectivity index (χ3v) is 13.8. The fraction of sp³-hybridized carbons (Fsp3) is 0.915. The first-order chi connectivity index (χ1) is 25.5. The average molecular weight is 811 g/mol. The molecule has 0 saturated heterocycles. The molecule has 9 atom stereocenters. The van der Waals surface area contributed by atoms with Gasteiger partial charge >= 0.3 is 23.9 Å². The van der Waals surface area contributed by atoms with Crippen LogP contribution in [0.15, 0.2) is 0 Å². The van der Waals surface area contributed by atoms with E-state index < -0.39 is 5.41 Å². The molecule has 0 aromatic heterocycles. The Kier molecular flexibility index (Phi) is 23.6. The molecular formula is C47H86O10. The van der Waals surface area contributed by atoms with E-state index in [1.54, 1.807) is 0 Å². The van der Waals surface area contributed by atoms with Gasteiger partial charge in [-0.05, 0) is 115 Å². The summed E-state index contributed by atoms with van der Waals surface area (Å²) in [5.41, 5.74) is -0.467. The topological polar surface area (TPSA) is 124 Å². The Morgan fingerprint density at radius 3 is 1.40 bits per heavy atom. The predicted octanol–water partition coefficient (Wildman–Crippen LogP) is 11.1. The zero-order chi connectivity index (χ0) is 38.0. The fourth-order valence-corrected chi connectivity index (χ4v) is 9.81. The van der Waals surface area contributed by atoms with Crippen LogP contribution >= 0.6 is 0 Å². The molecule has 0 radical (unpaired) electrons. The molecule has 6 rings (SSSR count). The Morgan fingerprint density at radius 1 is 0.596 bits per heavy atom. The van der Waals surface area contributed by atoms with Gasteiger partial charge in [-0.25, -0.2) is 0 Å². The number of rotatable bonds is 16. The highest BCUT2D eigenvalue weighted by Crippen LogP contribution is 2.51. The molecule has 10 heteroatoms. The van der Waals surface area contributed by atoms with Crippen molar-refractivity contribution in [1.29, 1.82) is 0 Å². The number of carbonyl (C=O) groups excluding carboxylic acids is 4. The highest BCUT2D eigenvalue weighted by molar-refractivity contribution is 5.77. The van der Waals surface area contributed by atoms with Gasteiger partial charge in [0.1, 0.15) is 12.2 Å². The van der Waals surface area contributed by atoms with Crippen molar-refractivity contribution in [3.63, 3.8) is 0 Å². The first-order valence-electron chi connectivity index (χ1n) is 21.4. The third kappa shape index (κ3) is 14.8. The van der Waals surface area contributed by atoms with Crippen LogP contribution in [0.3, 0.4) is 0 Å². The minimum Gasteiger partial charge on any atom is -0.462 e. The van der Waals surface area contributed by atoms with Gasteiger partial charge in [-0.1, -0.05) is 89.0 Å². The molecule has 0 N–H and O–H groups in total. The van der Waals surface area contributed by atoms with Crippen LogP contribution in [0.2, 0.25) is 0 Å². The van der Waals surface area contributed by atoms with Gasteiger partial charge in [0.05, 0.1) is 36.4 Å². The summed E-state index contributed by atoms with van der Waals surface area (Å²) in [4.78, 5) is 49.5. The lowest BCUT2D eigenvalue weighted by molar-refractivity contribution is -0.173. The minimum absolute atomic E-state index is 0. The van der Waals surface area contributed by atoms with E-state index in [9.17, 15) is 19.2 Å². The summed E-state index contributed by atoms with van der Waals surface area (Å²) >= 11 is 0. The van der Waals surface area contributed by atoms with Crippen LogP contribution in [0.25, 0.3) is 0 Å². The predicted molar refractivity (Wildman–Crippen MR) is 226 cm³/mol. The van der Waals surface area contributed by atoms with E-state index in [0.29, 0.717) is 36.9 Å². The molecule has 0 aliphatic heterocycles. The number of ether oxygens (including phenoxy) is 6. The summed E-state index contributed by atoms with van der Waals surface area (Å²) < 4.78 is 33.5. The van der Waals surface area contributed by atoms with Crippen molar-refractivity contribution >= 4 is 23.9 Å². The Balaban J connectivity index is 0.000000533. The summed E-state index contributed by atoms with van der Waals surface area (Å²) in [6, 6.07) is 0. The van der Waals surface area contributed by atoms with Crippen molar-refractivity contribution < 1.29 is 47.6 Å². The number of esters is 4. The zero-order valence-corrected chi connectivity index (χ0v) is 33.5. The average Bonchev–Trinajstić information content (AvgIpc) is 3.97. The molecule has 0 heterocycles. The molecule has 0 aromatic carbocycles. The van der Waals surface area contributed by atoms with Gasteiger partial charge in [0.25, 0.3) is 0 Å². The number of hydrogen-bond acceptors (Lipinski definition) is 10. The summed E-state index contributed by atoms with van der Waals surface area (Å²) in [5, 5.41) is 0. The Labute approximate surface area is 348 Å². The van der Waals surface area contributed by atoms with Crippen LogP contribution in [0.5, 0.6) is 0 Å². The summed E-state index contributed by atoms with van der Waals surface area (Å²) in [6.07, 6.45) is 19.4. The van der Waals surface area contributed by atoms with Crippen molar-refractivity contribution in [2.45, 2.75) is 192 Å². The molecule has 334 valence electrons. The van der Waals surface area contributed by atoms with Crippen LogP contribution in [0.4, 0.5) is 0 Å². The molecule has 9 unspecified atom stereocenters. The van der Waals surface area contributed by atoms with Gasteiger partial charge in [-0.3, -0.25) is 19.2 Å². The number of carbonyl (C=O) groups is 4. The van der Waals surface area contributed by atoms with Crippen LogP contribution < -0.4 is 0 Å². The van der Waals surface area contributed by atoms with Crippen LogP contribution in [0.1, 0.15) is 180 Å². The second kappa shape index (κ2) is 25.4. The maximum Gasteiger partial charge on any atom is 0.311 e. The highest BCUT2D eigenvalue weighted by Gasteiger charge is 2.53. The molecule has 6 saturated carbocycles. The van der Waals surface area contributed by atoms with Crippen LogP contribution in [0, 0.1) is 58.7 Å². The van der Waals surface area contributed by atoms with Crippen molar-refractivity contribution in [3.8, 4) is 0 Å². The van der Waals surface area contributed by atoms with Gasteiger partial charge in [-0.15, -0.1) is 0 Å². The van der Waals surface area contributed by atoms with E-state index in [2.05, 4.69) is 0 Å². The fourth-order valence-electron chi connectivity index (χ4n) is 9.81. The molecule has 0 aromatic rings. The van der Waals surface area contributed by atoms with Gasteiger partial charge in [0, 0.05) is 11.8 Å². The van der Waals surface area contributed by atoms with Gasteiger partial charge in [-0.2, -0.15) is 0 Å². The smallest absolute Gasteiger partial charge is 0.311 e. The van der Waals surface area contributed by atoms with Crippen LogP contribution in [-0.4, -0.2) is 62.9 Å². The maximum atomic E-state index is 12.5. The lowest BCUT2D eigenvalue weighted by Gasteiger charge is -2.31. The molecule has 57 heavy (non-hydrogen) atoms. The SMILES string of the molecule is C.C.C.C.CCC(C)(C)C(=O)OC1CC2CC(C(=O)OCOCC3CCCCC3)C1C2.CCC(C)C(=O)OC1CC2CC(C(=O)OCOCC3CCCCC3)C1C2. The largest absolute Gasteiger partial charge is 0.462 e. The first kappa shape index (κ1) is 52.8. The van der Waals surface area contributed by atoms with E-state index in [4.69, 9.17) is 28.4 Å². The van der Waals surface area contributed by atoms with Crippen molar-refractivity contribution in [2.24, 2.45) is 58.7 Å². The van der Waals surface area contributed by atoms with Gasteiger partial charge < -0.3 is 28.4 Å². The number of fused-ring (bicyclic) bond motifs is 4. The molecule has 6 aliphatic rings. The Morgan fingerprint density at radius 2 is 1.02 bits per heavy atom. The molecule has 10 nitrogen and oxygen atoms in total. The second-order valence-electron chi connectivity index (χ2n) is 18.1. The lowest BCUT2D eigenvalue weighted by Crippen LogP contribution is -2.37. The van der Waals surface area contributed by atoms with E-state index >= 15 is 0 Å². The van der Waals surface area contributed by atoms with Crippen molar-refractivity contribution in [1.82, 2.24) is 0 Å². The highest BCUT2D eigenvalue weighted by atomic mass is 16.7. The first-order valence-corrected chi connectivity index (χ1v) is 21.4. The van der Waals surface area contributed by atoms with Crippen molar-refractivity contribution in [3.05, 3.63) is 0 Å². The maximum absolute atomic E-state index is 12.5. The van der Waals surface area contributed by atoms with Crippen LogP contribution in [-0.2, 0) is 47.6 Å². The molecule has 6 aliphatic carbocycles. The second-order valence-corrected chi connectivity index (χ2v) is 18.1. The number of hydrogen-bond donors (Lipinski definition) is 0. The lowest BCUT2D eigenvalue weighted by atomic mass is 9.86. The monoisotopic (exact) mass is 811 g/mol. The van der Waals surface area contributed by atoms with E-state index in [0.717, 1.165) is 51.4 Å². The molecule has 4 bridgehead atoms. The standard InChI is InChI=1S/C22H36O5.C21H34O5.4CH4/c1-4-22(2,3)21(24)27-19-12-16-10-17(19)18(11-16)20(23)26-14-25-13-15-8-6-5-7-9-15;1-3-14(2)20(22)26-19-11-16-9-17(19)18(10-16)21(23)25-13-24-12-15-7-5-4-6-8-15;;;;/h15-19H,4-14H2,1-3H3;14-19H,3-13H2,1-2H3;4*1H4. The summed E-state index contributed by atoms with van der Waals surface area (Å²) in [7, 11) is 0. The zero-order valence-electron chi connectivity index (χ0n) is 33.5. The van der Waals surface area contributed by atoms with E-state index in [1.165, 1.54) is 64.2 Å². The molecule has 0 amide bonds. The molecule has 0 spiro atoms. The molecule has 6 fully saturated rings. The Hall–Kier alpha value is -2.20.